The van der Waals surface area contributed by atoms with Crippen LogP contribution in [-0.4, -0.2) is 4.98 Å². The molecule has 1 heterocycles. The highest BCUT2D eigenvalue weighted by Gasteiger charge is 2.09. The number of hydrogen-bond acceptors (Lipinski definition) is 2. The van der Waals surface area contributed by atoms with Gasteiger partial charge in [0.1, 0.15) is 5.82 Å². The Labute approximate surface area is 129 Å². The molecule has 1 unspecified atom stereocenters. The van der Waals surface area contributed by atoms with Crippen LogP contribution in [0.3, 0.4) is 0 Å². The van der Waals surface area contributed by atoms with E-state index in [1.807, 2.05) is 49.4 Å². The second kappa shape index (κ2) is 5.74. The average Bonchev–Trinajstić information content (AvgIpc) is 2.48. The van der Waals surface area contributed by atoms with E-state index >= 15 is 0 Å². The highest BCUT2D eigenvalue weighted by atomic mass is 35.5. The van der Waals surface area contributed by atoms with Crippen LogP contribution in [0, 0.1) is 6.92 Å². The molecule has 0 radical (unpaired) electrons. The summed E-state index contributed by atoms with van der Waals surface area (Å²) in [6.07, 6.45) is 0. The molecule has 0 aliphatic rings. The highest BCUT2D eigenvalue weighted by molar-refractivity contribution is 6.21. The van der Waals surface area contributed by atoms with Crippen molar-refractivity contribution in [3.05, 3.63) is 65.7 Å². The molecule has 0 spiro atoms. The first-order chi connectivity index (χ1) is 10.1. The summed E-state index contributed by atoms with van der Waals surface area (Å²) < 4.78 is 0. The summed E-state index contributed by atoms with van der Waals surface area (Å²) in [6.45, 7) is 4.04. The number of aryl methyl sites for hydroxylation is 1. The number of halogens is 1. The summed E-state index contributed by atoms with van der Waals surface area (Å²) in [5.41, 5.74) is 4.19. The zero-order valence-electron chi connectivity index (χ0n) is 12.1. The number of aromatic nitrogens is 1. The van der Waals surface area contributed by atoms with E-state index in [0.29, 0.717) is 0 Å². The zero-order valence-corrected chi connectivity index (χ0v) is 12.9. The van der Waals surface area contributed by atoms with Gasteiger partial charge in [-0.15, -0.1) is 11.6 Å². The lowest BCUT2D eigenvalue weighted by Crippen LogP contribution is -2.00. The van der Waals surface area contributed by atoms with Crippen molar-refractivity contribution in [1.82, 2.24) is 4.98 Å². The normalized spacial score (nSPS) is 12.3. The van der Waals surface area contributed by atoms with Crippen molar-refractivity contribution in [1.29, 1.82) is 0 Å². The first-order valence-electron chi connectivity index (χ1n) is 7.01. The minimum Gasteiger partial charge on any atom is -0.340 e. The minimum atomic E-state index is -0.0468. The first-order valence-corrected chi connectivity index (χ1v) is 7.45. The van der Waals surface area contributed by atoms with Crippen LogP contribution < -0.4 is 5.32 Å². The Bertz CT molecular complexity index is 781. The molecule has 0 fully saturated rings. The Morgan fingerprint density at radius 2 is 1.76 bits per heavy atom. The van der Waals surface area contributed by atoms with E-state index in [-0.39, 0.29) is 5.38 Å². The maximum Gasteiger partial charge on any atom is 0.134 e. The molecule has 0 saturated heterocycles. The second-order valence-electron chi connectivity index (χ2n) is 5.17. The number of fused-ring (bicyclic) bond motifs is 1. The summed E-state index contributed by atoms with van der Waals surface area (Å²) in [4.78, 5) is 4.72. The van der Waals surface area contributed by atoms with Gasteiger partial charge in [0.05, 0.1) is 10.9 Å². The molecular formula is C18H17ClN2. The SMILES string of the molecule is Cc1cc2ccccc2nc1Nc1ccccc1C(C)Cl. The Morgan fingerprint density at radius 1 is 1.05 bits per heavy atom. The van der Waals surface area contributed by atoms with Crippen molar-refractivity contribution in [2.45, 2.75) is 19.2 Å². The number of para-hydroxylation sites is 2. The number of pyridine rings is 1. The lowest BCUT2D eigenvalue weighted by molar-refractivity contribution is 1.08. The molecule has 1 atom stereocenters. The monoisotopic (exact) mass is 296 g/mol. The van der Waals surface area contributed by atoms with Gasteiger partial charge in [-0.1, -0.05) is 36.4 Å². The number of anilines is 2. The van der Waals surface area contributed by atoms with Gasteiger partial charge in [0.15, 0.2) is 0 Å². The summed E-state index contributed by atoms with van der Waals surface area (Å²) >= 11 is 6.25. The number of hydrogen-bond donors (Lipinski definition) is 1. The fourth-order valence-corrected chi connectivity index (χ4v) is 2.62. The molecule has 0 saturated carbocycles. The van der Waals surface area contributed by atoms with Crippen LogP contribution in [0.15, 0.2) is 54.6 Å². The van der Waals surface area contributed by atoms with Crippen LogP contribution >= 0.6 is 11.6 Å². The molecule has 0 aliphatic heterocycles. The number of alkyl halides is 1. The van der Waals surface area contributed by atoms with Crippen molar-refractivity contribution in [3.8, 4) is 0 Å². The van der Waals surface area contributed by atoms with Crippen molar-refractivity contribution in [2.24, 2.45) is 0 Å². The molecule has 0 aliphatic carbocycles. The molecule has 0 amide bonds. The van der Waals surface area contributed by atoms with Gasteiger partial charge in [-0.3, -0.25) is 0 Å². The molecule has 106 valence electrons. The standard InChI is InChI=1S/C18H17ClN2/c1-12-11-14-7-3-5-9-16(14)20-18(12)21-17-10-6-4-8-15(17)13(2)19/h3-11,13H,1-2H3,(H,20,21). The van der Waals surface area contributed by atoms with Crippen LogP contribution in [0.25, 0.3) is 10.9 Å². The van der Waals surface area contributed by atoms with Crippen molar-refractivity contribution < 1.29 is 0 Å². The molecule has 1 aromatic heterocycles. The van der Waals surface area contributed by atoms with Crippen LogP contribution in [0.5, 0.6) is 0 Å². The zero-order chi connectivity index (χ0) is 14.8. The fourth-order valence-electron chi connectivity index (χ4n) is 2.43. The van der Waals surface area contributed by atoms with Gasteiger partial charge < -0.3 is 5.32 Å². The number of nitrogens with zero attached hydrogens (tertiary/aromatic N) is 1. The van der Waals surface area contributed by atoms with E-state index in [1.165, 1.54) is 0 Å². The van der Waals surface area contributed by atoms with Gasteiger partial charge in [0.2, 0.25) is 0 Å². The fraction of sp³-hybridized carbons (Fsp3) is 0.167. The summed E-state index contributed by atoms with van der Waals surface area (Å²) in [6, 6.07) is 18.4. The largest absolute Gasteiger partial charge is 0.340 e. The molecule has 1 N–H and O–H groups in total. The summed E-state index contributed by atoms with van der Waals surface area (Å²) in [5, 5.41) is 4.52. The summed E-state index contributed by atoms with van der Waals surface area (Å²) in [5.74, 6) is 0.874. The lowest BCUT2D eigenvalue weighted by atomic mass is 10.1. The predicted molar refractivity (Wildman–Crippen MR) is 90.5 cm³/mol. The smallest absolute Gasteiger partial charge is 0.134 e. The van der Waals surface area contributed by atoms with Crippen LogP contribution in [0.1, 0.15) is 23.4 Å². The predicted octanol–water partition coefficient (Wildman–Crippen LogP) is 5.59. The Kier molecular flexibility index (Phi) is 3.80. The number of rotatable bonds is 3. The Balaban J connectivity index is 2.04. The topological polar surface area (TPSA) is 24.9 Å². The van der Waals surface area contributed by atoms with E-state index < -0.39 is 0 Å². The van der Waals surface area contributed by atoms with Gasteiger partial charge in [-0.25, -0.2) is 4.98 Å². The highest BCUT2D eigenvalue weighted by Crippen LogP contribution is 2.30. The van der Waals surface area contributed by atoms with E-state index in [4.69, 9.17) is 16.6 Å². The van der Waals surface area contributed by atoms with Crippen molar-refractivity contribution in [3.63, 3.8) is 0 Å². The third-order valence-corrected chi connectivity index (χ3v) is 3.79. The Hall–Kier alpha value is -2.06. The molecule has 2 aromatic carbocycles. The number of benzene rings is 2. The minimum absolute atomic E-state index is 0.0468. The van der Waals surface area contributed by atoms with E-state index in [2.05, 4.69) is 24.4 Å². The molecule has 3 rings (SSSR count). The Morgan fingerprint density at radius 3 is 2.57 bits per heavy atom. The number of nitrogens with one attached hydrogen (secondary N) is 1. The van der Waals surface area contributed by atoms with Crippen molar-refractivity contribution >= 4 is 34.0 Å². The van der Waals surface area contributed by atoms with Gasteiger partial charge in [0.25, 0.3) is 0 Å². The van der Waals surface area contributed by atoms with E-state index in [1.54, 1.807) is 0 Å². The molecule has 3 heteroatoms. The first kappa shape index (κ1) is 13.9. The molecule has 0 bridgehead atoms. The van der Waals surface area contributed by atoms with Gasteiger partial charge in [0, 0.05) is 11.1 Å². The van der Waals surface area contributed by atoms with E-state index in [0.717, 1.165) is 33.5 Å². The molecule has 3 aromatic rings. The van der Waals surface area contributed by atoms with E-state index in [9.17, 15) is 0 Å². The molecule has 2 nitrogen and oxygen atoms in total. The van der Waals surface area contributed by atoms with Gasteiger partial charge in [-0.05, 0) is 43.2 Å². The van der Waals surface area contributed by atoms with Crippen LogP contribution in [0.4, 0.5) is 11.5 Å². The quantitative estimate of drug-likeness (QED) is 0.638. The maximum atomic E-state index is 6.25. The molecule has 21 heavy (non-hydrogen) atoms. The maximum absolute atomic E-state index is 6.25. The van der Waals surface area contributed by atoms with Crippen LogP contribution in [0.2, 0.25) is 0 Å². The third-order valence-electron chi connectivity index (χ3n) is 3.56. The molecular weight excluding hydrogens is 280 g/mol. The summed E-state index contributed by atoms with van der Waals surface area (Å²) in [7, 11) is 0. The second-order valence-corrected chi connectivity index (χ2v) is 5.83. The van der Waals surface area contributed by atoms with Crippen LogP contribution in [-0.2, 0) is 0 Å². The third kappa shape index (κ3) is 2.86. The lowest BCUT2D eigenvalue weighted by Gasteiger charge is -2.15. The average molecular weight is 297 g/mol. The van der Waals surface area contributed by atoms with Crippen molar-refractivity contribution in [2.75, 3.05) is 5.32 Å². The van der Waals surface area contributed by atoms with Gasteiger partial charge in [-0.2, -0.15) is 0 Å². The van der Waals surface area contributed by atoms with Gasteiger partial charge >= 0.3 is 0 Å².